The molecule has 1 heterocycles. The quantitative estimate of drug-likeness (QED) is 0.881. The Morgan fingerprint density at radius 1 is 1.42 bits per heavy atom. The Kier molecular flexibility index (Phi) is 4.54. The Labute approximate surface area is 113 Å². The fourth-order valence-electron chi connectivity index (χ4n) is 2.18. The highest BCUT2D eigenvalue weighted by atomic mass is 32.2. The van der Waals surface area contributed by atoms with Crippen molar-refractivity contribution in [1.29, 1.82) is 0 Å². The van der Waals surface area contributed by atoms with E-state index in [0.717, 1.165) is 25.5 Å². The first-order valence-electron chi connectivity index (χ1n) is 6.46. The second kappa shape index (κ2) is 5.98. The van der Waals surface area contributed by atoms with Crippen LogP contribution in [0.5, 0.6) is 0 Å². The summed E-state index contributed by atoms with van der Waals surface area (Å²) in [5, 5.41) is 3.32. The van der Waals surface area contributed by atoms with Gasteiger partial charge in [-0.1, -0.05) is 6.07 Å². The Balaban J connectivity index is 1.95. The molecule has 1 fully saturated rings. The van der Waals surface area contributed by atoms with Gasteiger partial charge in [-0.3, -0.25) is 0 Å². The largest absolute Gasteiger partial charge is 0.314 e. The molecule has 19 heavy (non-hydrogen) atoms. The summed E-state index contributed by atoms with van der Waals surface area (Å²) in [6.07, 6.45) is 2.05. The molecule has 1 aliphatic rings. The third kappa shape index (κ3) is 3.99. The molecule has 0 bridgehead atoms. The molecule has 6 heteroatoms. The zero-order valence-electron chi connectivity index (χ0n) is 10.9. The van der Waals surface area contributed by atoms with Crippen molar-refractivity contribution >= 4 is 10.0 Å². The normalized spacial score (nSPS) is 24.3. The summed E-state index contributed by atoms with van der Waals surface area (Å²) in [4.78, 5) is -0.0235. The van der Waals surface area contributed by atoms with Gasteiger partial charge in [0.2, 0.25) is 10.0 Å². The maximum atomic E-state index is 13.0. The topological polar surface area (TPSA) is 58.2 Å². The van der Waals surface area contributed by atoms with Crippen molar-refractivity contribution in [3.05, 3.63) is 30.1 Å². The number of hydrogen-bond donors (Lipinski definition) is 2. The molecule has 0 saturated carbocycles. The fourth-order valence-corrected chi connectivity index (χ4v) is 3.32. The van der Waals surface area contributed by atoms with Crippen LogP contribution in [-0.2, 0) is 10.0 Å². The average molecular weight is 286 g/mol. The molecule has 4 nitrogen and oxygen atoms in total. The van der Waals surface area contributed by atoms with Crippen LogP contribution in [-0.4, -0.2) is 27.5 Å². The van der Waals surface area contributed by atoms with E-state index in [9.17, 15) is 12.8 Å². The molecule has 0 aliphatic carbocycles. The van der Waals surface area contributed by atoms with Gasteiger partial charge in [0, 0.05) is 12.6 Å². The summed E-state index contributed by atoms with van der Waals surface area (Å²) >= 11 is 0. The van der Waals surface area contributed by atoms with Crippen molar-refractivity contribution < 1.29 is 12.8 Å². The minimum Gasteiger partial charge on any atom is -0.314 e. The first kappa shape index (κ1) is 14.4. The van der Waals surface area contributed by atoms with E-state index in [2.05, 4.69) is 17.0 Å². The zero-order chi connectivity index (χ0) is 13.9. The average Bonchev–Trinajstić information content (AvgIpc) is 2.38. The van der Waals surface area contributed by atoms with E-state index in [4.69, 9.17) is 0 Å². The van der Waals surface area contributed by atoms with Crippen LogP contribution in [0, 0.1) is 11.7 Å². The molecule has 0 amide bonds. The van der Waals surface area contributed by atoms with Crippen LogP contribution >= 0.6 is 0 Å². The van der Waals surface area contributed by atoms with E-state index < -0.39 is 15.8 Å². The highest BCUT2D eigenvalue weighted by molar-refractivity contribution is 7.89. The van der Waals surface area contributed by atoms with Crippen LogP contribution in [0.1, 0.15) is 19.8 Å². The van der Waals surface area contributed by atoms with E-state index in [-0.39, 0.29) is 4.90 Å². The number of rotatable bonds is 4. The van der Waals surface area contributed by atoms with Crippen LogP contribution in [0.15, 0.2) is 29.2 Å². The molecule has 1 saturated heterocycles. The summed E-state index contributed by atoms with van der Waals surface area (Å²) in [6.45, 7) is 3.32. The highest BCUT2D eigenvalue weighted by Crippen LogP contribution is 2.15. The van der Waals surface area contributed by atoms with E-state index >= 15 is 0 Å². The number of sulfonamides is 1. The van der Waals surface area contributed by atoms with Crippen molar-refractivity contribution in [3.8, 4) is 0 Å². The lowest BCUT2D eigenvalue weighted by Crippen LogP contribution is -2.41. The molecule has 0 aromatic heterocycles. The predicted octanol–water partition coefficient (Wildman–Crippen LogP) is 1.49. The van der Waals surface area contributed by atoms with Crippen molar-refractivity contribution in [3.63, 3.8) is 0 Å². The Hall–Kier alpha value is -0.980. The van der Waals surface area contributed by atoms with Gasteiger partial charge < -0.3 is 5.32 Å². The number of halogens is 1. The lowest BCUT2D eigenvalue weighted by Gasteiger charge is -2.27. The molecule has 2 unspecified atom stereocenters. The van der Waals surface area contributed by atoms with Gasteiger partial charge in [-0.25, -0.2) is 17.5 Å². The van der Waals surface area contributed by atoms with Crippen molar-refractivity contribution in [2.45, 2.75) is 30.7 Å². The first-order valence-corrected chi connectivity index (χ1v) is 7.94. The summed E-state index contributed by atoms with van der Waals surface area (Å²) in [7, 11) is -3.61. The maximum Gasteiger partial charge on any atom is 0.240 e. The number of benzene rings is 1. The maximum absolute atomic E-state index is 13.0. The van der Waals surface area contributed by atoms with Gasteiger partial charge in [0.25, 0.3) is 0 Å². The minimum atomic E-state index is -3.61. The van der Waals surface area contributed by atoms with Crippen LogP contribution in [0.25, 0.3) is 0 Å². The third-order valence-corrected chi connectivity index (χ3v) is 4.85. The molecule has 2 atom stereocenters. The van der Waals surface area contributed by atoms with Gasteiger partial charge in [-0.05, 0) is 50.4 Å². The Morgan fingerprint density at radius 2 is 2.21 bits per heavy atom. The zero-order valence-corrected chi connectivity index (χ0v) is 11.7. The fraction of sp³-hybridized carbons (Fsp3) is 0.538. The molecule has 0 radical (unpaired) electrons. The lowest BCUT2D eigenvalue weighted by atomic mass is 9.96. The molecule has 106 valence electrons. The summed E-state index contributed by atoms with van der Waals surface area (Å²) in [6, 6.07) is 5.55. The van der Waals surface area contributed by atoms with E-state index in [1.807, 2.05) is 0 Å². The summed E-state index contributed by atoms with van der Waals surface area (Å²) in [5.41, 5.74) is 0. The van der Waals surface area contributed by atoms with Crippen molar-refractivity contribution in [2.24, 2.45) is 5.92 Å². The van der Waals surface area contributed by atoms with Gasteiger partial charge in [0.15, 0.2) is 0 Å². The summed E-state index contributed by atoms with van der Waals surface area (Å²) < 4.78 is 39.6. The molecule has 0 spiro atoms. The Morgan fingerprint density at radius 3 is 2.84 bits per heavy atom. The van der Waals surface area contributed by atoms with Crippen LogP contribution < -0.4 is 10.0 Å². The van der Waals surface area contributed by atoms with E-state index in [0.29, 0.717) is 18.5 Å². The van der Waals surface area contributed by atoms with Crippen LogP contribution in [0.2, 0.25) is 0 Å². The third-order valence-electron chi connectivity index (χ3n) is 3.43. The van der Waals surface area contributed by atoms with Crippen molar-refractivity contribution in [1.82, 2.24) is 10.0 Å². The molecular formula is C13H19FN2O2S. The SMILES string of the molecule is CC1CCC(CNS(=O)(=O)c2cccc(F)c2)CN1. The van der Waals surface area contributed by atoms with Gasteiger partial charge in [-0.2, -0.15) is 0 Å². The molecule has 1 aromatic rings. The second-order valence-electron chi connectivity index (χ2n) is 5.06. The number of nitrogens with one attached hydrogen (secondary N) is 2. The van der Waals surface area contributed by atoms with Gasteiger partial charge in [-0.15, -0.1) is 0 Å². The molecule has 1 aromatic carbocycles. The number of piperidine rings is 1. The van der Waals surface area contributed by atoms with Crippen LogP contribution in [0.4, 0.5) is 4.39 Å². The van der Waals surface area contributed by atoms with Gasteiger partial charge in [0.05, 0.1) is 4.90 Å². The molecular weight excluding hydrogens is 267 g/mol. The first-order chi connectivity index (χ1) is 8.97. The standard InChI is InChI=1S/C13H19FN2O2S/c1-10-5-6-11(8-15-10)9-16-19(17,18)13-4-2-3-12(14)7-13/h2-4,7,10-11,15-16H,5-6,8-9H2,1H3. The number of hydrogen-bond acceptors (Lipinski definition) is 3. The molecule has 2 N–H and O–H groups in total. The highest BCUT2D eigenvalue weighted by Gasteiger charge is 2.21. The predicted molar refractivity (Wildman–Crippen MR) is 71.8 cm³/mol. The lowest BCUT2D eigenvalue weighted by molar-refractivity contribution is 0.323. The van der Waals surface area contributed by atoms with Crippen LogP contribution in [0.3, 0.4) is 0 Å². The monoisotopic (exact) mass is 286 g/mol. The second-order valence-corrected chi connectivity index (χ2v) is 6.83. The Bertz CT molecular complexity index is 525. The molecule has 1 aliphatic heterocycles. The van der Waals surface area contributed by atoms with Crippen molar-refractivity contribution in [2.75, 3.05) is 13.1 Å². The van der Waals surface area contributed by atoms with Gasteiger partial charge >= 0.3 is 0 Å². The summed E-state index contributed by atoms with van der Waals surface area (Å²) in [5.74, 6) is -0.254. The smallest absolute Gasteiger partial charge is 0.240 e. The molecule has 2 rings (SSSR count). The van der Waals surface area contributed by atoms with Gasteiger partial charge in [0.1, 0.15) is 5.82 Å². The minimum absolute atomic E-state index is 0.0235. The van der Waals surface area contributed by atoms with E-state index in [1.54, 1.807) is 0 Å². The van der Waals surface area contributed by atoms with E-state index in [1.165, 1.54) is 18.2 Å².